The highest BCUT2D eigenvalue weighted by molar-refractivity contribution is 6.40. The van der Waals surface area contributed by atoms with Crippen molar-refractivity contribution in [2.75, 3.05) is 0 Å². The van der Waals surface area contributed by atoms with E-state index in [0.717, 1.165) is 0 Å². The van der Waals surface area contributed by atoms with Crippen LogP contribution in [-0.4, -0.2) is 5.16 Å². The highest BCUT2D eigenvalue weighted by Gasteiger charge is 1.97. The van der Waals surface area contributed by atoms with Crippen molar-refractivity contribution in [3.05, 3.63) is 16.4 Å². The molecule has 0 aliphatic heterocycles. The van der Waals surface area contributed by atoms with E-state index in [1.807, 2.05) is 0 Å². The summed E-state index contributed by atoms with van der Waals surface area (Å²) in [5, 5.41) is 3.77. The van der Waals surface area contributed by atoms with Crippen LogP contribution in [0.1, 0.15) is 0 Å². The summed E-state index contributed by atoms with van der Waals surface area (Å²) in [5.41, 5.74) is 0. The number of halogens is 2. The number of hydrogen-bond donors (Lipinski definition) is 0. The molecular formula is C3HCl2NO. The summed E-state index contributed by atoms with van der Waals surface area (Å²) in [7, 11) is 0. The van der Waals surface area contributed by atoms with Gasteiger partial charge in [-0.25, -0.2) is 0 Å². The van der Waals surface area contributed by atoms with E-state index in [1.54, 1.807) is 0 Å². The number of nitrogens with zero attached hydrogens (tertiary/aromatic N) is 1. The molecule has 38 valence electrons. The Morgan fingerprint density at radius 2 is 2.29 bits per heavy atom. The second kappa shape index (κ2) is 1.72. The van der Waals surface area contributed by atoms with Crippen molar-refractivity contribution in [1.29, 1.82) is 0 Å². The largest absolute Gasteiger partial charge is 0.343 e. The molecule has 4 heteroatoms. The molecule has 2 nitrogen and oxygen atoms in total. The van der Waals surface area contributed by atoms with E-state index in [4.69, 9.17) is 23.2 Å². The lowest BCUT2D eigenvalue weighted by Gasteiger charge is -1.69. The molecule has 0 unspecified atom stereocenters. The maximum atomic E-state index is 5.34. The van der Waals surface area contributed by atoms with Gasteiger partial charge >= 0.3 is 0 Å². The van der Waals surface area contributed by atoms with Gasteiger partial charge in [0.2, 0.25) is 5.22 Å². The Morgan fingerprint density at radius 1 is 1.57 bits per heavy atom. The quantitative estimate of drug-likeness (QED) is 0.547. The molecule has 0 fully saturated rings. The SMILES string of the molecule is Clc1cnoc1Cl. The Bertz CT molecular complexity index is 145. The molecule has 0 amide bonds. The second-order valence-electron chi connectivity index (χ2n) is 0.947. The molecule has 0 saturated heterocycles. The fourth-order valence-electron chi connectivity index (χ4n) is 0.213. The molecule has 0 bridgehead atoms. The zero-order valence-corrected chi connectivity index (χ0v) is 4.70. The van der Waals surface area contributed by atoms with Gasteiger partial charge in [-0.1, -0.05) is 16.8 Å². The van der Waals surface area contributed by atoms with Crippen molar-refractivity contribution < 1.29 is 4.52 Å². The fraction of sp³-hybridized carbons (Fsp3) is 0. The highest BCUT2D eigenvalue weighted by Crippen LogP contribution is 2.18. The lowest BCUT2D eigenvalue weighted by Crippen LogP contribution is -1.45. The van der Waals surface area contributed by atoms with Crippen LogP contribution in [0, 0.1) is 0 Å². The van der Waals surface area contributed by atoms with Gasteiger partial charge in [0.15, 0.2) is 0 Å². The lowest BCUT2D eigenvalue weighted by atomic mass is 10.8. The Hall–Kier alpha value is -0.210. The third-order valence-electron chi connectivity index (χ3n) is 0.487. The number of rotatable bonds is 0. The zero-order chi connectivity index (χ0) is 5.28. The summed E-state index contributed by atoms with van der Waals surface area (Å²) < 4.78 is 4.35. The molecule has 1 aromatic heterocycles. The molecule has 0 spiro atoms. The number of aromatic nitrogens is 1. The maximum absolute atomic E-state index is 5.34. The summed E-state index contributed by atoms with van der Waals surface area (Å²) >= 11 is 10.6. The van der Waals surface area contributed by atoms with E-state index in [2.05, 4.69) is 9.68 Å². The van der Waals surface area contributed by atoms with Crippen molar-refractivity contribution in [3.8, 4) is 0 Å². The van der Waals surface area contributed by atoms with Gasteiger partial charge in [0, 0.05) is 0 Å². The summed E-state index contributed by atoms with van der Waals surface area (Å²) in [5.74, 6) is 0. The van der Waals surface area contributed by atoms with Crippen LogP contribution in [-0.2, 0) is 0 Å². The predicted molar refractivity (Wildman–Crippen MR) is 26.5 cm³/mol. The smallest absolute Gasteiger partial charge is 0.244 e. The first-order chi connectivity index (χ1) is 3.30. The molecule has 1 rings (SSSR count). The Kier molecular flexibility index (Phi) is 1.21. The molecule has 0 saturated carbocycles. The minimum absolute atomic E-state index is 0.140. The van der Waals surface area contributed by atoms with Crippen LogP contribution in [0.15, 0.2) is 10.7 Å². The normalized spacial score (nSPS) is 9.43. The minimum Gasteiger partial charge on any atom is -0.343 e. The van der Waals surface area contributed by atoms with E-state index in [9.17, 15) is 0 Å². The van der Waals surface area contributed by atoms with Crippen molar-refractivity contribution in [1.82, 2.24) is 5.16 Å². The highest BCUT2D eigenvalue weighted by atomic mass is 35.5. The number of hydrogen-bond acceptors (Lipinski definition) is 2. The van der Waals surface area contributed by atoms with Gasteiger partial charge in [-0.15, -0.1) is 0 Å². The molecule has 1 heterocycles. The van der Waals surface area contributed by atoms with Crippen LogP contribution < -0.4 is 0 Å². The van der Waals surface area contributed by atoms with Crippen LogP contribution in [0.5, 0.6) is 0 Å². The summed E-state index contributed by atoms with van der Waals surface area (Å²) in [6, 6.07) is 0. The standard InChI is InChI=1S/C3HCl2NO/c4-2-1-6-7-3(2)5/h1H. The molecule has 7 heavy (non-hydrogen) atoms. The van der Waals surface area contributed by atoms with Gasteiger partial charge in [-0.05, 0) is 11.6 Å². The van der Waals surface area contributed by atoms with Crippen molar-refractivity contribution in [2.24, 2.45) is 0 Å². The summed E-state index contributed by atoms with van der Waals surface area (Å²) in [6.45, 7) is 0. The van der Waals surface area contributed by atoms with Gasteiger partial charge in [0.25, 0.3) is 0 Å². The molecule has 0 radical (unpaired) electrons. The molecular weight excluding hydrogens is 137 g/mol. The molecule has 0 atom stereocenters. The van der Waals surface area contributed by atoms with E-state index >= 15 is 0 Å². The van der Waals surface area contributed by atoms with Crippen LogP contribution >= 0.6 is 23.2 Å². The van der Waals surface area contributed by atoms with Crippen LogP contribution in [0.25, 0.3) is 0 Å². The van der Waals surface area contributed by atoms with Gasteiger partial charge in [0.05, 0.1) is 6.20 Å². The molecule has 0 aliphatic carbocycles. The zero-order valence-electron chi connectivity index (χ0n) is 3.19. The first-order valence-corrected chi connectivity index (χ1v) is 2.32. The minimum atomic E-state index is 0.140. The van der Waals surface area contributed by atoms with Gasteiger partial charge in [-0.3, -0.25) is 0 Å². The fourth-order valence-corrected chi connectivity index (χ4v) is 0.376. The van der Waals surface area contributed by atoms with Crippen LogP contribution in [0.2, 0.25) is 10.2 Å². The van der Waals surface area contributed by atoms with E-state index in [-0.39, 0.29) is 5.22 Å². The van der Waals surface area contributed by atoms with Crippen molar-refractivity contribution >= 4 is 23.2 Å². The van der Waals surface area contributed by atoms with E-state index < -0.39 is 0 Å². The van der Waals surface area contributed by atoms with E-state index in [1.165, 1.54) is 6.20 Å². The second-order valence-corrected chi connectivity index (χ2v) is 1.70. The van der Waals surface area contributed by atoms with Gasteiger partial charge in [0.1, 0.15) is 5.02 Å². The lowest BCUT2D eigenvalue weighted by molar-refractivity contribution is 0.421. The average Bonchev–Trinajstić information content (AvgIpc) is 1.91. The topological polar surface area (TPSA) is 26.0 Å². The van der Waals surface area contributed by atoms with E-state index in [0.29, 0.717) is 5.02 Å². The van der Waals surface area contributed by atoms with Crippen molar-refractivity contribution in [2.45, 2.75) is 0 Å². The predicted octanol–water partition coefficient (Wildman–Crippen LogP) is 1.98. The first kappa shape index (κ1) is 4.94. The maximum Gasteiger partial charge on any atom is 0.244 e. The van der Waals surface area contributed by atoms with Crippen molar-refractivity contribution in [3.63, 3.8) is 0 Å². The van der Waals surface area contributed by atoms with Crippen LogP contribution in [0.3, 0.4) is 0 Å². The van der Waals surface area contributed by atoms with Crippen LogP contribution in [0.4, 0.5) is 0 Å². The summed E-state index contributed by atoms with van der Waals surface area (Å²) in [4.78, 5) is 0. The average molecular weight is 138 g/mol. The molecule has 0 N–H and O–H groups in total. The van der Waals surface area contributed by atoms with Gasteiger partial charge < -0.3 is 4.52 Å². The molecule has 1 aromatic rings. The third kappa shape index (κ3) is 0.868. The molecule has 0 aliphatic rings. The monoisotopic (exact) mass is 137 g/mol. The Balaban J connectivity index is 3.12. The first-order valence-electron chi connectivity index (χ1n) is 1.56. The molecule has 0 aromatic carbocycles. The Labute approximate surface area is 50.0 Å². The summed E-state index contributed by atoms with van der Waals surface area (Å²) in [6.07, 6.45) is 1.34. The Morgan fingerprint density at radius 3 is 2.43 bits per heavy atom. The van der Waals surface area contributed by atoms with Gasteiger partial charge in [-0.2, -0.15) is 0 Å². The third-order valence-corrected chi connectivity index (χ3v) is 1.13.